The number of hydrogen-bond donors (Lipinski definition) is 1. The summed E-state index contributed by atoms with van der Waals surface area (Å²) in [5, 5.41) is 8.91. The Balaban J connectivity index is 2.36. The van der Waals surface area contributed by atoms with Crippen LogP contribution in [-0.2, 0) is 14.3 Å². The molecule has 0 unspecified atom stereocenters. The van der Waals surface area contributed by atoms with E-state index in [2.05, 4.69) is 0 Å². The Morgan fingerprint density at radius 2 is 2.21 bits per heavy atom. The SMILES string of the molecule is O=C(O)C1=C2COCC(=O)N2CCC1. The van der Waals surface area contributed by atoms with E-state index in [0.717, 1.165) is 6.42 Å². The van der Waals surface area contributed by atoms with Gasteiger partial charge in [0.2, 0.25) is 0 Å². The van der Waals surface area contributed by atoms with Crippen LogP contribution in [0.3, 0.4) is 0 Å². The number of carboxylic acids is 1. The minimum Gasteiger partial charge on any atom is -0.478 e. The molecule has 2 aliphatic heterocycles. The van der Waals surface area contributed by atoms with Gasteiger partial charge in [0.05, 0.1) is 17.9 Å². The zero-order valence-electron chi connectivity index (χ0n) is 7.65. The second-order valence-corrected chi connectivity index (χ2v) is 3.37. The van der Waals surface area contributed by atoms with Gasteiger partial charge in [0.1, 0.15) is 6.61 Å². The van der Waals surface area contributed by atoms with E-state index in [1.54, 1.807) is 0 Å². The molecule has 0 bridgehead atoms. The third-order valence-corrected chi connectivity index (χ3v) is 2.51. The number of nitrogens with zero attached hydrogens (tertiary/aromatic N) is 1. The van der Waals surface area contributed by atoms with Gasteiger partial charge in [-0.3, -0.25) is 4.79 Å². The molecule has 14 heavy (non-hydrogen) atoms. The van der Waals surface area contributed by atoms with Crippen LogP contribution in [-0.4, -0.2) is 41.6 Å². The fourth-order valence-electron chi connectivity index (χ4n) is 1.84. The van der Waals surface area contributed by atoms with Crippen LogP contribution < -0.4 is 0 Å². The molecule has 2 rings (SSSR count). The van der Waals surface area contributed by atoms with Gasteiger partial charge in [-0.2, -0.15) is 0 Å². The van der Waals surface area contributed by atoms with Crippen LogP contribution in [0.1, 0.15) is 12.8 Å². The van der Waals surface area contributed by atoms with E-state index in [-0.39, 0.29) is 19.1 Å². The van der Waals surface area contributed by atoms with Crippen molar-refractivity contribution in [1.29, 1.82) is 0 Å². The zero-order valence-corrected chi connectivity index (χ0v) is 7.65. The molecule has 0 aromatic rings. The Hall–Kier alpha value is -1.36. The molecule has 2 aliphatic rings. The normalized spacial score (nSPS) is 22.3. The van der Waals surface area contributed by atoms with Crippen molar-refractivity contribution in [3.63, 3.8) is 0 Å². The van der Waals surface area contributed by atoms with E-state index in [4.69, 9.17) is 9.84 Å². The predicted molar refractivity (Wildman–Crippen MR) is 46.4 cm³/mol. The van der Waals surface area contributed by atoms with Crippen molar-refractivity contribution in [2.24, 2.45) is 0 Å². The fourth-order valence-corrected chi connectivity index (χ4v) is 1.84. The lowest BCUT2D eigenvalue weighted by atomic mass is 10.0. The number of morpholine rings is 1. The summed E-state index contributed by atoms with van der Waals surface area (Å²) in [6, 6.07) is 0. The second-order valence-electron chi connectivity index (χ2n) is 3.37. The summed E-state index contributed by atoms with van der Waals surface area (Å²) in [6.45, 7) is 0.929. The zero-order chi connectivity index (χ0) is 10.1. The van der Waals surface area contributed by atoms with Crippen molar-refractivity contribution in [3.05, 3.63) is 11.3 Å². The summed E-state index contributed by atoms with van der Waals surface area (Å²) >= 11 is 0. The van der Waals surface area contributed by atoms with Gasteiger partial charge in [-0.15, -0.1) is 0 Å². The number of rotatable bonds is 1. The van der Waals surface area contributed by atoms with Crippen molar-refractivity contribution in [3.8, 4) is 0 Å². The molecule has 0 aliphatic carbocycles. The maximum atomic E-state index is 11.4. The average Bonchev–Trinajstić information content (AvgIpc) is 2.17. The van der Waals surface area contributed by atoms with E-state index in [1.165, 1.54) is 4.90 Å². The monoisotopic (exact) mass is 197 g/mol. The van der Waals surface area contributed by atoms with Gasteiger partial charge < -0.3 is 14.7 Å². The molecule has 0 radical (unpaired) electrons. The molecule has 5 heteroatoms. The Morgan fingerprint density at radius 3 is 2.93 bits per heavy atom. The molecule has 2 heterocycles. The van der Waals surface area contributed by atoms with E-state index < -0.39 is 5.97 Å². The maximum absolute atomic E-state index is 11.4. The first-order valence-corrected chi connectivity index (χ1v) is 4.53. The number of fused-ring (bicyclic) bond motifs is 1. The molecule has 1 fully saturated rings. The van der Waals surface area contributed by atoms with Crippen LogP contribution in [0.15, 0.2) is 11.3 Å². The van der Waals surface area contributed by atoms with Crippen molar-refractivity contribution in [2.75, 3.05) is 19.8 Å². The predicted octanol–water partition coefficient (Wildman–Crippen LogP) is -0.0223. The maximum Gasteiger partial charge on any atom is 0.333 e. The summed E-state index contributed by atoms with van der Waals surface area (Å²) in [4.78, 5) is 23.8. The summed E-state index contributed by atoms with van der Waals surface area (Å²) in [5.41, 5.74) is 0.865. The Bertz CT molecular complexity index is 321. The van der Waals surface area contributed by atoms with Gasteiger partial charge in [0.25, 0.3) is 5.91 Å². The van der Waals surface area contributed by atoms with E-state index >= 15 is 0 Å². The molecule has 76 valence electrons. The largest absolute Gasteiger partial charge is 0.478 e. The van der Waals surface area contributed by atoms with Crippen LogP contribution in [0.4, 0.5) is 0 Å². The first kappa shape index (κ1) is 9.21. The molecule has 0 aromatic carbocycles. The molecule has 0 atom stereocenters. The highest BCUT2D eigenvalue weighted by Crippen LogP contribution is 2.25. The Kier molecular flexibility index (Phi) is 2.25. The highest BCUT2D eigenvalue weighted by atomic mass is 16.5. The van der Waals surface area contributed by atoms with Gasteiger partial charge in [-0.25, -0.2) is 4.79 Å². The molecular weight excluding hydrogens is 186 g/mol. The molecule has 5 nitrogen and oxygen atoms in total. The number of aliphatic carboxylic acids is 1. The Labute approximate surface area is 80.9 Å². The molecule has 1 amide bonds. The Morgan fingerprint density at radius 1 is 1.43 bits per heavy atom. The van der Waals surface area contributed by atoms with Crippen molar-refractivity contribution < 1.29 is 19.4 Å². The van der Waals surface area contributed by atoms with Crippen LogP contribution in [0.2, 0.25) is 0 Å². The third-order valence-electron chi connectivity index (χ3n) is 2.51. The highest BCUT2D eigenvalue weighted by Gasteiger charge is 2.31. The first-order chi connectivity index (χ1) is 6.70. The number of hydrogen-bond acceptors (Lipinski definition) is 3. The van der Waals surface area contributed by atoms with E-state index in [0.29, 0.717) is 24.2 Å². The third kappa shape index (κ3) is 1.39. The minimum absolute atomic E-state index is 0.0659. The van der Waals surface area contributed by atoms with E-state index in [1.807, 2.05) is 0 Å². The number of ether oxygens (including phenoxy) is 1. The van der Waals surface area contributed by atoms with Crippen LogP contribution in [0.5, 0.6) is 0 Å². The van der Waals surface area contributed by atoms with Gasteiger partial charge >= 0.3 is 5.97 Å². The number of amides is 1. The van der Waals surface area contributed by atoms with Crippen molar-refractivity contribution in [2.45, 2.75) is 12.8 Å². The lowest BCUT2D eigenvalue weighted by Gasteiger charge is -2.34. The first-order valence-electron chi connectivity index (χ1n) is 4.53. The number of carbonyl (C=O) groups is 2. The smallest absolute Gasteiger partial charge is 0.333 e. The molecule has 1 saturated heterocycles. The second kappa shape index (κ2) is 3.42. The minimum atomic E-state index is -0.942. The lowest BCUT2D eigenvalue weighted by Crippen LogP contribution is -2.43. The number of carboxylic acid groups (broad SMARTS) is 1. The van der Waals surface area contributed by atoms with Crippen LogP contribution >= 0.6 is 0 Å². The van der Waals surface area contributed by atoms with Crippen LogP contribution in [0, 0.1) is 0 Å². The molecule has 0 saturated carbocycles. The fraction of sp³-hybridized carbons (Fsp3) is 0.556. The summed E-state index contributed by atoms with van der Waals surface area (Å²) in [5.74, 6) is -1.08. The standard InChI is InChI=1S/C9H11NO4/c11-8-5-14-4-7-6(9(12)13)2-1-3-10(7)8/h1-5H2,(H,12,13). The molecule has 1 N–H and O–H groups in total. The van der Waals surface area contributed by atoms with Crippen molar-refractivity contribution >= 4 is 11.9 Å². The topological polar surface area (TPSA) is 66.8 Å². The summed E-state index contributed by atoms with van der Waals surface area (Å²) < 4.78 is 5.02. The van der Waals surface area contributed by atoms with Gasteiger partial charge in [0, 0.05) is 6.54 Å². The van der Waals surface area contributed by atoms with Gasteiger partial charge in [-0.05, 0) is 12.8 Å². The van der Waals surface area contributed by atoms with Crippen molar-refractivity contribution in [1.82, 2.24) is 4.90 Å². The summed E-state index contributed by atoms with van der Waals surface area (Å²) in [6.07, 6.45) is 1.24. The lowest BCUT2D eigenvalue weighted by molar-refractivity contribution is -0.140. The quantitative estimate of drug-likeness (QED) is 0.641. The molecular formula is C9H11NO4. The summed E-state index contributed by atoms with van der Waals surface area (Å²) in [7, 11) is 0. The average molecular weight is 197 g/mol. The van der Waals surface area contributed by atoms with E-state index in [9.17, 15) is 9.59 Å². The molecule has 0 aromatic heterocycles. The van der Waals surface area contributed by atoms with Crippen LogP contribution in [0.25, 0.3) is 0 Å². The number of carbonyl (C=O) groups excluding carboxylic acids is 1. The van der Waals surface area contributed by atoms with Gasteiger partial charge in [0.15, 0.2) is 0 Å². The molecule has 0 spiro atoms. The highest BCUT2D eigenvalue weighted by molar-refractivity contribution is 5.90. The van der Waals surface area contributed by atoms with Gasteiger partial charge in [-0.1, -0.05) is 0 Å².